The number of nitrogens with zero attached hydrogens (tertiary/aromatic N) is 1. The number of likely N-dealkylation sites (N-methyl/N-ethyl adjacent to an activating group) is 1. The van der Waals surface area contributed by atoms with Crippen LogP contribution in [-0.4, -0.2) is 50.3 Å². The SMILES string of the molecule is CCN(CCOc1ccc(C(=O)NN)cc1)C(C)COC. The van der Waals surface area contributed by atoms with E-state index in [1.807, 2.05) is 0 Å². The third-order valence-corrected chi connectivity index (χ3v) is 3.33. The molecule has 0 bridgehead atoms. The summed E-state index contributed by atoms with van der Waals surface area (Å²) in [7, 11) is 1.71. The van der Waals surface area contributed by atoms with Gasteiger partial charge in [0.05, 0.1) is 6.61 Å². The Hall–Kier alpha value is -1.63. The van der Waals surface area contributed by atoms with Crippen molar-refractivity contribution in [3.8, 4) is 5.75 Å². The lowest BCUT2D eigenvalue weighted by atomic mass is 10.2. The van der Waals surface area contributed by atoms with Crippen LogP contribution in [0.5, 0.6) is 5.75 Å². The van der Waals surface area contributed by atoms with Crippen molar-refractivity contribution in [3.05, 3.63) is 29.8 Å². The molecular formula is C15H25N3O3. The van der Waals surface area contributed by atoms with Crippen LogP contribution in [0.25, 0.3) is 0 Å². The molecule has 118 valence electrons. The number of carbonyl (C=O) groups is 1. The first-order valence-electron chi connectivity index (χ1n) is 7.09. The Labute approximate surface area is 126 Å². The largest absolute Gasteiger partial charge is 0.492 e. The molecule has 0 aliphatic carbocycles. The van der Waals surface area contributed by atoms with Crippen LogP contribution < -0.4 is 16.0 Å². The van der Waals surface area contributed by atoms with Crippen LogP contribution in [0.4, 0.5) is 0 Å². The third-order valence-electron chi connectivity index (χ3n) is 3.33. The average Bonchev–Trinajstić information content (AvgIpc) is 2.51. The number of benzene rings is 1. The molecule has 21 heavy (non-hydrogen) atoms. The summed E-state index contributed by atoms with van der Waals surface area (Å²) in [6.07, 6.45) is 0. The minimum Gasteiger partial charge on any atom is -0.492 e. The summed E-state index contributed by atoms with van der Waals surface area (Å²) >= 11 is 0. The maximum atomic E-state index is 11.3. The lowest BCUT2D eigenvalue weighted by Gasteiger charge is -2.27. The second-order valence-corrected chi connectivity index (χ2v) is 4.78. The number of nitrogen functional groups attached to an aromatic ring is 1. The Morgan fingerprint density at radius 1 is 1.38 bits per heavy atom. The Morgan fingerprint density at radius 3 is 2.57 bits per heavy atom. The van der Waals surface area contributed by atoms with Gasteiger partial charge in [0.1, 0.15) is 12.4 Å². The van der Waals surface area contributed by atoms with Crippen molar-refractivity contribution >= 4 is 5.91 Å². The Bertz CT molecular complexity index is 423. The molecule has 0 saturated carbocycles. The molecule has 0 heterocycles. The van der Waals surface area contributed by atoms with Gasteiger partial charge in [0.2, 0.25) is 0 Å². The molecule has 1 amide bonds. The van der Waals surface area contributed by atoms with E-state index in [0.29, 0.717) is 24.8 Å². The highest BCUT2D eigenvalue weighted by Crippen LogP contribution is 2.12. The van der Waals surface area contributed by atoms with Crippen LogP contribution in [-0.2, 0) is 4.74 Å². The molecule has 0 aliphatic heterocycles. The minimum absolute atomic E-state index is 0.313. The van der Waals surface area contributed by atoms with E-state index in [1.54, 1.807) is 31.4 Å². The number of hydrogen-bond acceptors (Lipinski definition) is 5. The number of rotatable bonds is 9. The summed E-state index contributed by atoms with van der Waals surface area (Å²) in [6.45, 7) is 7.32. The normalized spacial score (nSPS) is 12.2. The molecule has 3 N–H and O–H groups in total. The van der Waals surface area contributed by atoms with Crippen molar-refractivity contribution in [1.82, 2.24) is 10.3 Å². The fraction of sp³-hybridized carbons (Fsp3) is 0.533. The number of nitrogens with two attached hydrogens (primary N) is 1. The molecule has 1 atom stereocenters. The molecule has 1 rings (SSSR count). The lowest BCUT2D eigenvalue weighted by Crippen LogP contribution is -2.38. The van der Waals surface area contributed by atoms with Gasteiger partial charge in [-0.3, -0.25) is 15.1 Å². The highest BCUT2D eigenvalue weighted by Gasteiger charge is 2.11. The molecule has 0 aromatic heterocycles. The fourth-order valence-electron chi connectivity index (χ4n) is 2.10. The van der Waals surface area contributed by atoms with Crippen molar-refractivity contribution < 1.29 is 14.3 Å². The van der Waals surface area contributed by atoms with Crippen molar-refractivity contribution in [2.24, 2.45) is 5.84 Å². The first kappa shape index (κ1) is 17.4. The number of methoxy groups -OCH3 is 1. The van der Waals surface area contributed by atoms with E-state index in [-0.39, 0.29) is 5.91 Å². The van der Waals surface area contributed by atoms with Gasteiger partial charge < -0.3 is 9.47 Å². The molecule has 0 saturated heterocycles. The van der Waals surface area contributed by atoms with E-state index in [4.69, 9.17) is 15.3 Å². The van der Waals surface area contributed by atoms with Crippen molar-refractivity contribution in [1.29, 1.82) is 0 Å². The molecule has 1 aromatic rings. The minimum atomic E-state index is -0.313. The van der Waals surface area contributed by atoms with Crippen molar-refractivity contribution in [3.63, 3.8) is 0 Å². The molecule has 1 aromatic carbocycles. The smallest absolute Gasteiger partial charge is 0.265 e. The monoisotopic (exact) mass is 295 g/mol. The van der Waals surface area contributed by atoms with Gasteiger partial charge in [-0.05, 0) is 37.7 Å². The standard InChI is InChI=1S/C15H25N3O3/c1-4-18(12(2)11-20-3)9-10-21-14-7-5-13(6-8-14)15(19)17-16/h5-8,12H,4,9-11,16H2,1-3H3,(H,17,19). The van der Waals surface area contributed by atoms with Gasteiger partial charge in [0, 0.05) is 25.3 Å². The summed E-state index contributed by atoms with van der Waals surface area (Å²) in [5.74, 6) is 5.50. The number of carbonyl (C=O) groups excluding carboxylic acids is 1. The highest BCUT2D eigenvalue weighted by atomic mass is 16.5. The Morgan fingerprint density at radius 2 is 2.05 bits per heavy atom. The van der Waals surface area contributed by atoms with E-state index < -0.39 is 0 Å². The zero-order chi connectivity index (χ0) is 15.7. The van der Waals surface area contributed by atoms with E-state index in [0.717, 1.165) is 18.8 Å². The van der Waals surface area contributed by atoms with Crippen molar-refractivity contribution in [2.45, 2.75) is 19.9 Å². The summed E-state index contributed by atoms with van der Waals surface area (Å²) in [6, 6.07) is 7.25. The molecule has 0 fully saturated rings. The van der Waals surface area contributed by atoms with Crippen LogP contribution in [0.1, 0.15) is 24.2 Å². The molecule has 1 unspecified atom stereocenters. The number of hydrogen-bond donors (Lipinski definition) is 2. The van der Waals surface area contributed by atoms with E-state index in [1.165, 1.54) is 0 Å². The molecule has 6 nitrogen and oxygen atoms in total. The first-order chi connectivity index (χ1) is 10.1. The van der Waals surface area contributed by atoms with Gasteiger partial charge in [-0.15, -0.1) is 0 Å². The van der Waals surface area contributed by atoms with E-state index in [2.05, 4.69) is 24.2 Å². The van der Waals surface area contributed by atoms with Crippen molar-refractivity contribution in [2.75, 3.05) is 33.4 Å². The number of amides is 1. The maximum absolute atomic E-state index is 11.3. The van der Waals surface area contributed by atoms with Crippen LogP contribution in [0.15, 0.2) is 24.3 Å². The summed E-state index contributed by atoms with van der Waals surface area (Å²) < 4.78 is 10.9. The molecule has 0 spiro atoms. The van der Waals surface area contributed by atoms with Gasteiger partial charge >= 0.3 is 0 Å². The molecule has 0 aliphatic rings. The van der Waals surface area contributed by atoms with Gasteiger partial charge in [-0.1, -0.05) is 6.92 Å². The van der Waals surface area contributed by atoms with E-state index >= 15 is 0 Å². The highest BCUT2D eigenvalue weighted by molar-refractivity contribution is 5.93. The summed E-state index contributed by atoms with van der Waals surface area (Å²) in [5, 5.41) is 0. The zero-order valence-electron chi connectivity index (χ0n) is 13.0. The second kappa shape index (κ2) is 9.33. The third kappa shape index (κ3) is 5.71. The summed E-state index contributed by atoms with van der Waals surface area (Å²) in [5.41, 5.74) is 2.60. The van der Waals surface area contributed by atoms with Gasteiger partial charge in [-0.25, -0.2) is 5.84 Å². The van der Waals surface area contributed by atoms with E-state index in [9.17, 15) is 4.79 Å². The topological polar surface area (TPSA) is 76.8 Å². The number of nitrogens with one attached hydrogen (secondary N) is 1. The fourth-order valence-corrected chi connectivity index (χ4v) is 2.10. The van der Waals surface area contributed by atoms with Gasteiger partial charge in [0.15, 0.2) is 0 Å². The predicted molar refractivity (Wildman–Crippen MR) is 82.2 cm³/mol. The van der Waals surface area contributed by atoms with Crippen LogP contribution in [0.2, 0.25) is 0 Å². The van der Waals surface area contributed by atoms with Gasteiger partial charge in [0.25, 0.3) is 5.91 Å². The maximum Gasteiger partial charge on any atom is 0.265 e. The Kier molecular flexibility index (Phi) is 7.74. The second-order valence-electron chi connectivity index (χ2n) is 4.78. The van der Waals surface area contributed by atoms with Crippen LogP contribution >= 0.6 is 0 Å². The van der Waals surface area contributed by atoms with Crippen LogP contribution in [0, 0.1) is 0 Å². The summed E-state index contributed by atoms with van der Waals surface area (Å²) in [4.78, 5) is 13.6. The first-order valence-corrected chi connectivity index (χ1v) is 7.09. The van der Waals surface area contributed by atoms with Crippen LogP contribution in [0.3, 0.4) is 0 Å². The number of hydrazine groups is 1. The molecular weight excluding hydrogens is 270 g/mol. The zero-order valence-corrected chi connectivity index (χ0v) is 13.0. The molecule has 6 heteroatoms. The number of ether oxygens (including phenoxy) is 2. The average molecular weight is 295 g/mol. The predicted octanol–water partition coefficient (Wildman–Crippen LogP) is 1.03. The molecule has 0 radical (unpaired) electrons. The quantitative estimate of drug-likeness (QED) is 0.404. The van der Waals surface area contributed by atoms with Gasteiger partial charge in [-0.2, -0.15) is 0 Å². The lowest BCUT2D eigenvalue weighted by molar-refractivity contribution is 0.0920. The Balaban J connectivity index is 2.42.